The molecule has 1 heterocycles. The molecule has 0 aliphatic carbocycles. The molecule has 2 rings (SSSR count). The summed E-state index contributed by atoms with van der Waals surface area (Å²) in [6, 6.07) is 3.61. The quantitative estimate of drug-likeness (QED) is 0.912. The fraction of sp³-hybridized carbons (Fsp3) is 0.214. The van der Waals surface area contributed by atoms with E-state index in [1.54, 1.807) is 6.07 Å². The van der Waals surface area contributed by atoms with Gasteiger partial charge in [0.2, 0.25) is 5.95 Å². The molecule has 20 heavy (non-hydrogen) atoms. The number of rotatable bonds is 5. The van der Waals surface area contributed by atoms with Crippen molar-refractivity contribution in [3.8, 4) is 0 Å². The highest BCUT2D eigenvalue weighted by Gasteiger charge is 2.13. The highest BCUT2D eigenvalue weighted by Crippen LogP contribution is 2.25. The Morgan fingerprint density at radius 2 is 1.95 bits per heavy atom. The summed E-state index contributed by atoms with van der Waals surface area (Å²) in [7, 11) is 0. The van der Waals surface area contributed by atoms with Gasteiger partial charge >= 0.3 is 0 Å². The van der Waals surface area contributed by atoms with Gasteiger partial charge in [-0.05, 0) is 31.0 Å². The Labute approximate surface area is 114 Å². The molecule has 0 amide bonds. The molecule has 2 aromatic rings. The Hall–Kier alpha value is -2.37. The van der Waals surface area contributed by atoms with Gasteiger partial charge in [-0.1, -0.05) is 0 Å². The van der Waals surface area contributed by atoms with Crippen molar-refractivity contribution >= 4 is 17.4 Å². The number of hydrogen-bond donors (Lipinski definition) is 1. The van der Waals surface area contributed by atoms with Crippen LogP contribution in [0, 0.1) is 11.6 Å². The predicted molar refractivity (Wildman–Crippen MR) is 70.7 cm³/mol. The van der Waals surface area contributed by atoms with Crippen molar-refractivity contribution in [2.45, 2.75) is 19.8 Å². The molecule has 104 valence electrons. The second kappa shape index (κ2) is 6.18. The number of anilines is 2. The summed E-state index contributed by atoms with van der Waals surface area (Å²) in [5.41, 5.74) is 0.476. The zero-order valence-corrected chi connectivity index (χ0v) is 10.9. The zero-order chi connectivity index (χ0) is 14.5. The average Bonchev–Trinajstić information content (AvgIpc) is 2.41. The van der Waals surface area contributed by atoms with Crippen molar-refractivity contribution in [2.75, 3.05) is 5.32 Å². The van der Waals surface area contributed by atoms with Crippen LogP contribution in [0.4, 0.5) is 20.4 Å². The number of benzene rings is 1. The van der Waals surface area contributed by atoms with Crippen LogP contribution in [0.25, 0.3) is 0 Å². The van der Waals surface area contributed by atoms with Gasteiger partial charge in [-0.25, -0.2) is 18.7 Å². The molecule has 0 fully saturated rings. The molecule has 4 nitrogen and oxygen atoms in total. The van der Waals surface area contributed by atoms with E-state index in [9.17, 15) is 13.6 Å². The normalized spacial score (nSPS) is 10.3. The molecule has 1 aromatic carbocycles. The van der Waals surface area contributed by atoms with E-state index in [0.717, 1.165) is 6.07 Å². The topological polar surface area (TPSA) is 54.9 Å². The standard InChI is InChI=1S/C14H13F2N3O/c1-9(20)3-4-10-7-11(15)8-12(16)13(10)19-14-17-5-2-6-18-14/h2,5-8H,3-4H2,1H3,(H,17,18,19). The monoisotopic (exact) mass is 277 g/mol. The van der Waals surface area contributed by atoms with E-state index in [-0.39, 0.29) is 30.3 Å². The molecule has 0 saturated heterocycles. The summed E-state index contributed by atoms with van der Waals surface area (Å²) in [4.78, 5) is 18.9. The summed E-state index contributed by atoms with van der Waals surface area (Å²) in [6.45, 7) is 1.43. The Bertz CT molecular complexity index is 617. The first-order valence-corrected chi connectivity index (χ1v) is 6.07. The molecule has 1 N–H and O–H groups in total. The number of carbonyl (C=O) groups is 1. The number of halogens is 2. The molecule has 0 unspecified atom stereocenters. The van der Waals surface area contributed by atoms with E-state index in [1.165, 1.54) is 25.4 Å². The van der Waals surface area contributed by atoms with Crippen molar-refractivity contribution in [3.63, 3.8) is 0 Å². The van der Waals surface area contributed by atoms with Crippen LogP contribution in [0.15, 0.2) is 30.6 Å². The van der Waals surface area contributed by atoms with Crippen LogP contribution in [0.5, 0.6) is 0 Å². The number of nitrogens with one attached hydrogen (secondary N) is 1. The predicted octanol–water partition coefficient (Wildman–Crippen LogP) is 3.02. The maximum absolute atomic E-state index is 13.9. The van der Waals surface area contributed by atoms with Gasteiger partial charge in [-0.3, -0.25) is 0 Å². The molecular weight excluding hydrogens is 264 g/mol. The van der Waals surface area contributed by atoms with Gasteiger partial charge in [-0.15, -0.1) is 0 Å². The minimum atomic E-state index is -0.740. The summed E-state index contributed by atoms with van der Waals surface area (Å²) >= 11 is 0. The second-order valence-corrected chi connectivity index (χ2v) is 4.32. The lowest BCUT2D eigenvalue weighted by Crippen LogP contribution is -2.05. The van der Waals surface area contributed by atoms with Gasteiger partial charge in [0.1, 0.15) is 17.4 Å². The summed E-state index contributed by atoms with van der Waals surface area (Å²) < 4.78 is 27.2. The Balaban J connectivity index is 2.32. The number of nitrogens with zero attached hydrogens (tertiary/aromatic N) is 2. The van der Waals surface area contributed by atoms with Crippen molar-refractivity contribution in [1.29, 1.82) is 0 Å². The van der Waals surface area contributed by atoms with Gasteiger partial charge in [0.25, 0.3) is 0 Å². The van der Waals surface area contributed by atoms with E-state index in [4.69, 9.17) is 0 Å². The Kier molecular flexibility index (Phi) is 4.34. The first-order valence-electron chi connectivity index (χ1n) is 6.07. The van der Waals surface area contributed by atoms with Crippen LogP contribution >= 0.6 is 0 Å². The molecular formula is C14H13F2N3O. The number of aryl methyl sites for hydroxylation is 1. The SMILES string of the molecule is CC(=O)CCc1cc(F)cc(F)c1Nc1ncccn1. The molecule has 6 heteroatoms. The first-order chi connectivity index (χ1) is 9.56. The molecule has 0 spiro atoms. The van der Waals surface area contributed by atoms with Crippen LogP contribution in [0.1, 0.15) is 18.9 Å². The number of aromatic nitrogens is 2. The molecule has 0 bridgehead atoms. The van der Waals surface area contributed by atoms with Crippen LogP contribution in [0.3, 0.4) is 0 Å². The van der Waals surface area contributed by atoms with Gasteiger partial charge in [0.15, 0.2) is 0 Å². The van der Waals surface area contributed by atoms with Crippen molar-refractivity contribution in [1.82, 2.24) is 9.97 Å². The number of carbonyl (C=O) groups excluding carboxylic acids is 1. The van der Waals surface area contributed by atoms with Crippen LogP contribution in [0.2, 0.25) is 0 Å². The maximum atomic E-state index is 13.9. The maximum Gasteiger partial charge on any atom is 0.227 e. The fourth-order valence-electron chi connectivity index (χ4n) is 1.75. The third-order valence-corrected chi connectivity index (χ3v) is 2.69. The van der Waals surface area contributed by atoms with Crippen LogP contribution in [-0.2, 0) is 11.2 Å². The minimum absolute atomic E-state index is 0.0448. The molecule has 0 aliphatic heterocycles. The smallest absolute Gasteiger partial charge is 0.227 e. The average molecular weight is 277 g/mol. The zero-order valence-electron chi connectivity index (χ0n) is 10.9. The van der Waals surface area contributed by atoms with Crippen LogP contribution in [-0.4, -0.2) is 15.8 Å². The van der Waals surface area contributed by atoms with Crippen molar-refractivity contribution in [2.24, 2.45) is 0 Å². The van der Waals surface area contributed by atoms with E-state index >= 15 is 0 Å². The van der Waals surface area contributed by atoms with Gasteiger partial charge < -0.3 is 10.1 Å². The lowest BCUT2D eigenvalue weighted by atomic mass is 10.1. The van der Waals surface area contributed by atoms with Gasteiger partial charge in [-0.2, -0.15) is 0 Å². The third-order valence-electron chi connectivity index (χ3n) is 2.69. The lowest BCUT2D eigenvalue weighted by Gasteiger charge is -2.11. The highest BCUT2D eigenvalue weighted by molar-refractivity contribution is 5.76. The molecule has 0 aliphatic rings. The van der Waals surface area contributed by atoms with E-state index < -0.39 is 11.6 Å². The lowest BCUT2D eigenvalue weighted by molar-refractivity contribution is -0.116. The molecule has 0 atom stereocenters. The minimum Gasteiger partial charge on any atom is -0.321 e. The van der Waals surface area contributed by atoms with Gasteiger partial charge in [0.05, 0.1) is 5.69 Å². The van der Waals surface area contributed by atoms with Gasteiger partial charge in [0, 0.05) is 24.9 Å². The summed E-state index contributed by atoms with van der Waals surface area (Å²) in [6.07, 6.45) is 3.48. The molecule has 0 saturated carbocycles. The van der Waals surface area contributed by atoms with E-state index in [2.05, 4.69) is 15.3 Å². The number of ketones is 1. The number of hydrogen-bond acceptors (Lipinski definition) is 4. The highest BCUT2D eigenvalue weighted by atomic mass is 19.1. The Morgan fingerprint density at radius 1 is 1.25 bits per heavy atom. The van der Waals surface area contributed by atoms with Crippen LogP contribution < -0.4 is 5.32 Å². The fourth-order valence-corrected chi connectivity index (χ4v) is 1.75. The van der Waals surface area contributed by atoms with E-state index in [1.807, 2.05) is 0 Å². The van der Waals surface area contributed by atoms with Crippen molar-refractivity contribution in [3.05, 3.63) is 47.8 Å². The van der Waals surface area contributed by atoms with Crippen molar-refractivity contribution < 1.29 is 13.6 Å². The largest absolute Gasteiger partial charge is 0.321 e. The van der Waals surface area contributed by atoms with E-state index in [0.29, 0.717) is 5.56 Å². The Morgan fingerprint density at radius 3 is 2.60 bits per heavy atom. The first kappa shape index (κ1) is 14.0. The molecule has 0 radical (unpaired) electrons. The number of Topliss-reactive ketones (excluding diaryl/α,β-unsaturated/α-hetero) is 1. The third kappa shape index (κ3) is 3.57. The molecule has 1 aromatic heterocycles. The summed E-state index contributed by atoms with van der Waals surface area (Å²) in [5, 5.41) is 2.72. The summed E-state index contributed by atoms with van der Waals surface area (Å²) in [5.74, 6) is -1.25. The second-order valence-electron chi connectivity index (χ2n) is 4.32.